The third kappa shape index (κ3) is 3.45. The molecular formula is C14H26N2O2. The molecule has 2 aliphatic rings. The Morgan fingerprint density at radius 2 is 2.17 bits per heavy atom. The fraction of sp³-hybridized carbons (Fsp3) is 0.929. The number of rotatable bonds is 4. The van der Waals surface area contributed by atoms with Crippen LogP contribution in [0.5, 0.6) is 0 Å². The SMILES string of the molecule is CC1OCCC1(C)NC(=O)CCC1CCNCC1. The molecule has 2 N–H and O–H groups in total. The van der Waals surface area contributed by atoms with E-state index in [1.807, 2.05) is 6.92 Å². The lowest BCUT2D eigenvalue weighted by Crippen LogP contribution is -2.50. The van der Waals surface area contributed by atoms with Gasteiger partial charge in [-0.15, -0.1) is 0 Å². The largest absolute Gasteiger partial charge is 0.376 e. The zero-order chi connectivity index (χ0) is 13.0. The summed E-state index contributed by atoms with van der Waals surface area (Å²) in [5, 5.41) is 6.52. The number of hydrogen-bond donors (Lipinski definition) is 2. The lowest BCUT2D eigenvalue weighted by atomic mass is 9.91. The van der Waals surface area contributed by atoms with Crippen molar-refractivity contribution in [1.82, 2.24) is 10.6 Å². The molecule has 1 amide bonds. The summed E-state index contributed by atoms with van der Waals surface area (Å²) in [4.78, 5) is 12.0. The molecule has 2 saturated heterocycles. The van der Waals surface area contributed by atoms with Crippen LogP contribution in [0.1, 0.15) is 46.0 Å². The Morgan fingerprint density at radius 3 is 2.78 bits per heavy atom. The predicted octanol–water partition coefficient (Wildman–Crippen LogP) is 1.45. The molecule has 0 aromatic carbocycles. The van der Waals surface area contributed by atoms with Crippen molar-refractivity contribution in [1.29, 1.82) is 0 Å². The maximum Gasteiger partial charge on any atom is 0.220 e. The number of carbonyl (C=O) groups excluding carboxylic acids is 1. The molecule has 2 unspecified atom stereocenters. The van der Waals surface area contributed by atoms with E-state index in [2.05, 4.69) is 17.6 Å². The topological polar surface area (TPSA) is 50.4 Å². The van der Waals surface area contributed by atoms with Gasteiger partial charge in [-0.2, -0.15) is 0 Å². The molecule has 0 bridgehead atoms. The fourth-order valence-electron chi connectivity index (χ4n) is 2.89. The highest BCUT2D eigenvalue weighted by molar-refractivity contribution is 5.76. The van der Waals surface area contributed by atoms with Gasteiger partial charge in [0.25, 0.3) is 0 Å². The van der Waals surface area contributed by atoms with Gasteiger partial charge >= 0.3 is 0 Å². The quantitative estimate of drug-likeness (QED) is 0.798. The van der Waals surface area contributed by atoms with Crippen LogP contribution in [0.2, 0.25) is 0 Å². The first-order valence-electron chi connectivity index (χ1n) is 7.23. The molecule has 4 nitrogen and oxygen atoms in total. The Labute approximate surface area is 110 Å². The van der Waals surface area contributed by atoms with Gasteiger partial charge in [0.15, 0.2) is 0 Å². The summed E-state index contributed by atoms with van der Waals surface area (Å²) in [5.74, 6) is 0.912. The van der Waals surface area contributed by atoms with E-state index in [-0.39, 0.29) is 17.6 Å². The second-order valence-corrected chi connectivity index (χ2v) is 5.96. The Hall–Kier alpha value is -0.610. The van der Waals surface area contributed by atoms with Crippen molar-refractivity contribution in [2.75, 3.05) is 19.7 Å². The Kier molecular flexibility index (Phi) is 4.62. The number of ether oxygens (including phenoxy) is 1. The Balaban J connectivity index is 1.71. The summed E-state index contributed by atoms with van der Waals surface area (Å²) in [7, 11) is 0. The number of hydrogen-bond acceptors (Lipinski definition) is 3. The van der Waals surface area contributed by atoms with E-state index in [0.29, 0.717) is 6.42 Å². The van der Waals surface area contributed by atoms with Gasteiger partial charge in [0.1, 0.15) is 0 Å². The molecule has 2 fully saturated rings. The van der Waals surface area contributed by atoms with Crippen LogP contribution in [0.3, 0.4) is 0 Å². The van der Waals surface area contributed by atoms with Crippen molar-refractivity contribution in [3.05, 3.63) is 0 Å². The average molecular weight is 254 g/mol. The van der Waals surface area contributed by atoms with Crippen LogP contribution in [0, 0.1) is 5.92 Å². The summed E-state index contributed by atoms with van der Waals surface area (Å²) in [6.07, 6.45) is 5.16. The molecule has 0 saturated carbocycles. The molecule has 2 aliphatic heterocycles. The molecule has 104 valence electrons. The second kappa shape index (κ2) is 6.02. The zero-order valence-electron chi connectivity index (χ0n) is 11.6. The summed E-state index contributed by atoms with van der Waals surface area (Å²) in [5.41, 5.74) is -0.162. The van der Waals surface area contributed by atoms with Crippen LogP contribution >= 0.6 is 0 Å². The minimum absolute atomic E-state index is 0.125. The molecule has 2 heterocycles. The van der Waals surface area contributed by atoms with Crippen LogP contribution < -0.4 is 10.6 Å². The van der Waals surface area contributed by atoms with E-state index in [1.165, 1.54) is 12.8 Å². The molecule has 4 heteroatoms. The molecule has 2 rings (SSSR count). The summed E-state index contributed by atoms with van der Waals surface area (Å²) in [6, 6.07) is 0. The van der Waals surface area contributed by atoms with Crippen LogP contribution in [0.25, 0.3) is 0 Å². The van der Waals surface area contributed by atoms with E-state index in [4.69, 9.17) is 4.74 Å². The van der Waals surface area contributed by atoms with E-state index < -0.39 is 0 Å². The number of piperidine rings is 1. The fourth-order valence-corrected chi connectivity index (χ4v) is 2.89. The van der Waals surface area contributed by atoms with E-state index in [9.17, 15) is 4.79 Å². The van der Waals surface area contributed by atoms with Crippen LogP contribution in [-0.4, -0.2) is 37.2 Å². The maximum atomic E-state index is 12.0. The standard InChI is InChI=1S/C14H26N2O2/c1-11-14(2,7-10-18-11)16-13(17)4-3-12-5-8-15-9-6-12/h11-12,15H,3-10H2,1-2H3,(H,16,17). The van der Waals surface area contributed by atoms with Crippen LogP contribution in [-0.2, 0) is 9.53 Å². The zero-order valence-corrected chi connectivity index (χ0v) is 11.6. The monoisotopic (exact) mass is 254 g/mol. The molecular weight excluding hydrogens is 228 g/mol. The first-order chi connectivity index (χ1) is 8.60. The normalized spacial score (nSPS) is 33.6. The van der Waals surface area contributed by atoms with E-state index in [0.717, 1.165) is 38.5 Å². The molecule has 0 aromatic rings. The van der Waals surface area contributed by atoms with Crippen molar-refractivity contribution in [2.45, 2.75) is 57.6 Å². The maximum absolute atomic E-state index is 12.0. The average Bonchev–Trinajstić information content (AvgIpc) is 2.68. The highest BCUT2D eigenvalue weighted by atomic mass is 16.5. The molecule has 0 aromatic heterocycles. The summed E-state index contributed by atoms with van der Waals surface area (Å²) in [6.45, 7) is 7.10. The van der Waals surface area contributed by atoms with E-state index >= 15 is 0 Å². The molecule has 0 aliphatic carbocycles. The minimum Gasteiger partial charge on any atom is -0.376 e. The van der Waals surface area contributed by atoms with E-state index in [1.54, 1.807) is 0 Å². The number of nitrogens with one attached hydrogen (secondary N) is 2. The molecule has 0 spiro atoms. The first kappa shape index (κ1) is 13.8. The minimum atomic E-state index is -0.162. The molecule has 18 heavy (non-hydrogen) atoms. The summed E-state index contributed by atoms with van der Waals surface area (Å²) >= 11 is 0. The molecule has 0 radical (unpaired) electrons. The summed E-state index contributed by atoms with van der Waals surface area (Å²) < 4.78 is 5.54. The van der Waals surface area contributed by atoms with Gasteiger partial charge in [-0.1, -0.05) is 0 Å². The van der Waals surface area contributed by atoms with Crippen molar-refractivity contribution in [2.24, 2.45) is 5.92 Å². The van der Waals surface area contributed by atoms with Gasteiger partial charge in [-0.3, -0.25) is 4.79 Å². The lowest BCUT2D eigenvalue weighted by molar-refractivity contribution is -0.123. The van der Waals surface area contributed by atoms with Crippen molar-refractivity contribution in [3.63, 3.8) is 0 Å². The number of amides is 1. The van der Waals surface area contributed by atoms with Gasteiger partial charge in [0.05, 0.1) is 11.6 Å². The van der Waals surface area contributed by atoms with Crippen molar-refractivity contribution in [3.8, 4) is 0 Å². The van der Waals surface area contributed by atoms with Gasteiger partial charge in [-0.25, -0.2) is 0 Å². The highest BCUT2D eigenvalue weighted by Gasteiger charge is 2.38. The first-order valence-corrected chi connectivity index (χ1v) is 7.23. The van der Waals surface area contributed by atoms with Crippen LogP contribution in [0.15, 0.2) is 0 Å². The third-order valence-corrected chi connectivity index (χ3v) is 4.55. The Bertz CT molecular complexity index is 290. The van der Waals surface area contributed by atoms with Crippen molar-refractivity contribution >= 4 is 5.91 Å². The van der Waals surface area contributed by atoms with Crippen LogP contribution in [0.4, 0.5) is 0 Å². The highest BCUT2D eigenvalue weighted by Crippen LogP contribution is 2.25. The van der Waals surface area contributed by atoms with Gasteiger partial charge in [-0.05, 0) is 58.5 Å². The third-order valence-electron chi connectivity index (χ3n) is 4.55. The lowest BCUT2D eigenvalue weighted by Gasteiger charge is -2.29. The van der Waals surface area contributed by atoms with Gasteiger partial charge in [0.2, 0.25) is 5.91 Å². The number of carbonyl (C=O) groups is 1. The Morgan fingerprint density at radius 1 is 1.44 bits per heavy atom. The molecule has 2 atom stereocenters. The van der Waals surface area contributed by atoms with Crippen molar-refractivity contribution < 1.29 is 9.53 Å². The predicted molar refractivity (Wildman–Crippen MR) is 71.4 cm³/mol. The van der Waals surface area contributed by atoms with Gasteiger partial charge in [0, 0.05) is 13.0 Å². The smallest absolute Gasteiger partial charge is 0.220 e. The second-order valence-electron chi connectivity index (χ2n) is 5.96. The van der Waals surface area contributed by atoms with Gasteiger partial charge < -0.3 is 15.4 Å².